The Bertz CT molecular complexity index is 684. The average molecular weight is 410 g/mol. The van der Waals surface area contributed by atoms with Crippen molar-refractivity contribution in [2.45, 2.75) is 76.7 Å². The molecule has 2 N–H and O–H groups in total. The molecule has 28 heavy (non-hydrogen) atoms. The predicted molar refractivity (Wildman–Crippen MR) is 109 cm³/mol. The zero-order chi connectivity index (χ0) is 20.4. The second kappa shape index (κ2) is 11.6. The Kier molecular flexibility index (Phi) is 9.20. The Morgan fingerprint density at radius 1 is 0.929 bits per heavy atom. The first-order valence-electron chi connectivity index (χ1n) is 10.0. The van der Waals surface area contributed by atoms with Gasteiger partial charge in [-0.05, 0) is 25.0 Å². The van der Waals surface area contributed by atoms with E-state index < -0.39 is 16.7 Å². The molecule has 1 saturated carbocycles. The lowest BCUT2D eigenvalue weighted by Gasteiger charge is -2.19. The van der Waals surface area contributed by atoms with Crippen molar-refractivity contribution in [3.05, 3.63) is 33.3 Å². The van der Waals surface area contributed by atoms with E-state index in [0.29, 0.717) is 0 Å². The summed E-state index contributed by atoms with van der Waals surface area (Å²) in [5, 5.41) is 16.2. The highest BCUT2D eigenvalue weighted by molar-refractivity contribution is 6.39. The van der Waals surface area contributed by atoms with E-state index >= 15 is 0 Å². The van der Waals surface area contributed by atoms with Gasteiger partial charge in [0.15, 0.2) is 0 Å². The van der Waals surface area contributed by atoms with Gasteiger partial charge in [0, 0.05) is 17.8 Å². The van der Waals surface area contributed by atoms with Gasteiger partial charge in [0.1, 0.15) is 5.02 Å². The number of carbonyl (C=O) groups is 2. The van der Waals surface area contributed by atoms with Crippen LogP contribution in [-0.4, -0.2) is 22.8 Å². The maximum atomic E-state index is 12.3. The van der Waals surface area contributed by atoms with Crippen molar-refractivity contribution in [3.8, 4) is 0 Å². The molecule has 2 rings (SSSR count). The van der Waals surface area contributed by atoms with Crippen LogP contribution in [0.4, 0.5) is 11.4 Å². The van der Waals surface area contributed by atoms with Gasteiger partial charge in [0.2, 0.25) is 0 Å². The number of hydrogen-bond acceptors (Lipinski definition) is 4. The fraction of sp³-hybridized carbons (Fsp3) is 0.600. The topological polar surface area (TPSA) is 101 Å². The van der Waals surface area contributed by atoms with Crippen LogP contribution < -0.4 is 10.6 Å². The van der Waals surface area contributed by atoms with Crippen LogP contribution in [0.15, 0.2) is 18.2 Å². The SMILES string of the molecule is O=C(Nc1ccc(Cl)c([N+](=O)[O-])c1)C(=O)NC1CCCCCCCCCCC1. The van der Waals surface area contributed by atoms with Crippen molar-refractivity contribution < 1.29 is 14.5 Å². The first-order chi connectivity index (χ1) is 13.5. The maximum Gasteiger partial charge on any atom is 0.313 e. The van der Waals surface area contributed by atoms with Gasteiger partial charge in [-0.25, -0.2) is 0 Å². The van der Waals surface area contributed by atoms with Crippen molar-refractivity contribution in [2.24, 2.45) is 0 Å². The highest BCUT2D eigenvalue weighted by atomic mass is 35.5. The molecule has 1 aromatic rings. The Labute approximate surface area is 170 Å². The molecule has 1 fully saturated rings. The Morgan fingerprint density at radius 3 is 2.00 bits per heavy atom. The summed E-state index contributed by atoms with van der Waals surface area (Å²) in [7, 11) is 0. The van der Waals surface area contributed by atoms with Gasteiger partial charge in [-0.2, -0.15) is 0 Å². The Morgan fingerprint density at radius 2 is 1.46 bits per heavy atom. The molecule has 0 atom stereocenters. The molecule has 0 saturated heterocycles. The van der Waals surface area contributed by atoms with E-state index in [2.05, 4.69) is 10.6 Å². The molecule has 0 radical (unpaired) electrons. The summed E-state index contributed by atoms with van der Waals surface area (Å²) in [5.41, 5.74) is -0.158. The lowest BCUT2D eigenvalue weighted by Crippen LogP contribution is -2.41. The number of anilines is 1. The average Bonchev–Trinajstić information content (AvgIpc) is 2.65. The quantitative estimate of drug-likeness (QED) is 0.417. The molecular weight excluding hydrogens is 382 g/mol. The lowest BCUT2D eigenvalue weighted by molar-refractivity contribution is -0.384. The minimum Gasteiger partial charge on any atom is -0.345 e. The molecule has 0 aliphatic heterocycles. The van der Waals surface area contributed by atoms with Crippen LogP contribution in [0.5, 0.6) is 0 Å². The van der Waals surface area contributed by atoms with E-state index in [1.807, 2.05) is 0 Å². The van der Waals surface area contributed by atoms with Crippen LogP contribution in [0.2, 0.25) is 5.02 Å². The van der Waals surface area contributed by atoms with E-state index in [1.54, 1.807) is 0 Å². The number of halogens is 1. The zero-order valence-electron chi connectivity index (χ0n) is 16.0. The van der Waals surface area contributed by atoms with Crippen LogP contribution in [0, 0.1) is 10.1 Å². The molecule has 0 heterocycles. The summed E-state index contributed by atoms with van der Waals surface area (Å²) in [6.45, 7) is 0. The van der Waals surface area contributed by atoms with Crippen LogP contribution in [0.1, 0.15) is 70.6 Å². The molecule has 2 amide bonds. The predicted octanol–water partition coefficient (Wildman–Crippen LogP) is 4.98. The van der Waals surface area contributed by atoms with E-state index in [9.17, 15) is 19.7 Å². The van der Waals surface area contributed by atoms with Gasteiger partial charge >= 0.3 is 11.8 Å². The summed E-state index contributed by atoms with van der Waals surface area (Å²) >= 11 is 5.76. The first kappa shape index (κ1) is 22.1. The zero-order valence-corrected chi connectivity index (χ0v) is 16.8. The maximum absolute atomic E-state index is 12.3. The highest BCUT2D eigenvalue weighted by Crippen LogP contribution is 2.27. The molecule has 1 aromatic carbocycles. The number of hydrogen-bond donors (Lipinski definition) is 2. The number of benzene rings is 1. The number of amides is 2. The van der Waals surface area contributed by atoms with E-state index in [-0.39, 0.29) is 22.4 Å². The molecular formula is C20H28ClN3O4. The Balaban J connectivity index is 1.91. The van der Waals surface area contributed by atoms with Gasteiger partial charge in [-0.15, -0.1) is 0 Å². The number of carbonyl (C=O) groups excluding carboxylic acids is 2. The fourth-order valence-electron chi connectivity index (χ4n) is 3.48. The van der Waals surface area contributed by atoms with Crippen molar-refractivity contribution in [1.82, 2.24) is 5.32 Å². The van der Waals surface area contributed by atoms with Crippen molar-refractivity contribution in [1.29, 1.82) is 0 Å². The number of nitro benzene ring substituents is 1. The van der Waals surface area contributed by atoms with Crippen LogP contribution in [-0.2, 0) is 9.59 Å². The van der Waals surface area contributed by atoms with E-state index in [0.717, 1.165) is 44.6 Å². The van der Waals surface area contributed by atoms with Crippen LogP contribution >= 0.6 is 11.6 Å². The van der Waals surface area contributed by atoms with E-state index in [4.69, 9.17) is 11.6 Å². The van der Waals surface area contributed by atoms with Gasteiger partial charge in [-0.1, -0.05) is 69.4 Å². The molecule has 154 valence electrons. The third kappa shape index (κ3) is 7.46. The molecule has 0 aromatic heterocycles. The fourth-order valence-corrected chi connectivity index (χ4v) is 3.66. The normalized spacial score (nSPS) is 17.0. The summed E-state index contributed by atoms with van der Waals surface area (Å²) in [4.78, 5) is 34.8. The van der Waals surface area contributed by atoms with Crippen molar-refractivity contribution >= 4 is 34.8 Å². The molecule has 1 aliphatic carbocycles. The minimum atomic E-state index is -0.831. The third-order valence-electron chi connectivity index (χ3n) is 5.05. The number of rotatable bonds is 3. The minimum absolute atomic E-state index is 0.0165. The standard InChI is InChI=1S/C20H28ClN3O4/c21-17-13-12-16(14-18(17)24(27)28)23-20(26)19(25)22-15-10-8-6-4-2-1-3-5-7-9-11-15/h12-15H,1-11H2,(H,22,25)(H,23,26). The highest BCUT2D eigenvalue weighted by Gasteiger charge is 2.20. The summed E-state index contributed by atoms with van der Waals surface area (Å²) in [5.74, 6) is -1.54. The summed E-state index contributed by atoms with van der Waals surface area (Å²) in [6, 6.07) is 3.87. The van der Waals surface area contributed by atoms with Gasteiger partial charge in [0.05, 0.1) is 4.92 Å². The number of nitrogens with one attached hydrogen (secondary N) is 2. The first-order valence-corrected chi connectivity index (χ1v) is 10.4. The molecule has 8 heteroatoms. The molecule has 7 nitrogen and oxygen atoms in total. The van der Waals surface area contributed by atoms with Crippen molar-refractivity contribution in [3.63, 3.8) is 0 Å². The van der Waals surface area contributed by atoms with Crippen LogP contribution in [0.25, 0.3) is 0 Å². The lowest BCUT2D eigenvalue weighted by atomic mass is 9.98. The largest absolute Gasteiger partial charge is 0.345 e. The van der Waals surface area contributed by atoms with Gasteiger partial charge in [-0.3, -0.25) is 19.7 Å². The van der Waals surface area contributed by atoms with E-state index in [1.165, 1.54) is 44.2 Å². The molecule has 0 spiro atoms. The third-order valence-corrected chi connectivity index (χ3v) is 5.37. The molecule has 1 aliphatic rings. The Hall–Kier alpha value is -2.15. The van der Waals surface area contributed by atoms with Crippen LogP contribution in [0.3, 0.4) is 0 Å². The van der Waals surface area contributed by atoms with Crippen molar-refractivity contribution in [2.75, 3.05) is 5.32 Å². The molecule has 0 bridgehead atoms. The van der Waals surface area contributed by atoms with Gasteiger partial charge < -0.3 is 10.6 Å². The number of nitrogens with zero attached hydrogens (tertiary/aromatic N) is 1. The van der Waals surface area contributed by atoms with Gasteiger partial charge in [0.25, 0.3) is 5.69 Å². The number of nitro groups is 1. The summed E-state index contributed by atoms with van der Waals surface area (Å²) < 4.78 is 0. The molecule has 0 unspecified atom stereocenters. The second-order valence-electron chi connectivity index (χ2n) is 7.31. The second-order valence-corrected chi connectivity index (χ2v) is 7.71. The summed E-state index contributed by atoms with van der Waals surface area (Å²) in [6.07, 6.45) is 12.4. The smallest absolute Gasteiger partial charge is 0.313 e. The monoisotopic (exact) mass is 409 g/mol.